The van der Waals surface area contributed by atoms with Crippen LogP contribution >= 0.6 is 0 Å². The van der Waals surface area contributed by atoms with E-state index in [1.165, 1.54) is 25.0 Å². The topological polar surface area (TPSA) is 30.3 Å². The van der Waals surface area contributed by atoms with Crippen LogP contribution in [0.25, 0.3) is 0 Å². The molecule has 0 unspecified atom stereocenters. The first-order chi connectivity index (χ1) is 8.66. The van der Waals surface area contributed by atoms with Crippen LogP contribution in [0, 0.1) is 0 Å². The first-order valence-electron chi connectivity index (χ1n) is 6.97. The van der Waals surface area contributed by atoms with Crippen molar-refractivity contribution in [2.75, 3.05) is 20.2 Å². The van der Waals surface area contributed by atoms with E-state index in [0.717, 1.165) is 19.7 Å². The van der Waals surface area contributed by atoms with Gasteiger partial charge in [-0.05, 0) is 40.2 Å². The molecule has 4 heteroatoms. The second-order valence-electron chi connectivity index (χ2n) is 5.57. The van der Waals surface area contributed by atoms with Gasteiger partial charge in [0.25, 0.3) is 0 Å². The predicted octanol–water partition coefficient (Wildman–Crippen LogP) is 2.46. The first-order valence-corrected chi connectivity index (χ1v) is 6.97. The largest absolute Gasteiger partial charge is 0.377 e. The summed E-state index contributed by atoms with van der Waals surface area (Å²) in [6.45, 7) is 7.27. The Kier molecular flexibility index (Phi) is 4.78. The molecule has 0 aromatic carbocycles. The maximum absolute atomic E-state index is 5.78. The molecule has 1 fully saturated rings. The maximum Gasteiger partial charge on any atom is 0.0951 e. The minimum absolute atomic E-state index is 0.416. The molecule has 4 nitrogen and oxygen atoms in total. The summed E-state index contributed by atoms with van der Waals surface area (Å²) >= 11 is 0. The Morgan fingerprint density at radius 1 is 1.50 bits per heavy atom. The Morgan fingerprint density at radius 3 is 3.00 bits per heavy atom. The van der Waals surface area contributed by atoms with Gasteiger partial charge in [-0.1, -0.05) is 0 Å². The Morgan fingerprint density at radius 2 is 2.33 bits per heavy atom. The lowest BCUT2D eigenvalue weighted by atomic mass is 10.1. The van der Waals surface area contributed by atoms with Crippen LogP contribution in [-0.4, -0.2) is 40.8 Å². The lowest BCUT2D eigenvalue weighted by Crippen LogP contribution is -2.33. The molecule has 2 rings (SSSR count). The molecule has 0 amide bonds. The number of hydrogen-bond acceptors (Lipinski definition) is 3. The van der Waals surface area contributed by atoms with E-state index in [2.05, 4.69) is 35.3 Å². The van der Waals surface area contributed by atoms with Crippen LogP contribution in [-0.2, 0) is 11.3 Å². The highest BCUT2D eigenvalue weighted by Crippen LogP contribution is 2.15. The molecule has 1 aliphatic rings. The Bertz CT molecular complexity index is 356. The van der Waals surface area contributed by atoms with Crippen molar-refractivity contribution in [3.8, 4) is 0 Å². The van der Waals surface area contributed by atoms with Crippen molar-refractivity contribution in [2.24, 2.45) is 0 Å². The molecule has 0 radical (unpaired) electrons. The summed E-state index contributed by atoms with van der Waals surface area (Å²) in [5.41, 5.74) is 1.28. The summed E-state index contributed by atoms with van der Waals surface area (Å²) in [5, 5.41) is 0. The van der Waals surface area contributed by atoms with E-state index in [1.54, 1.807) is 0 Å². The molecular weight excluding hydrogens is 226 g/mol. The van der Waals surface area contributed by atoms with E-state index in [4.69, 9.17) is 4.74 Å². The van der Waals surface area contributed by atoms with Crippen molar-refractivity contribution >= 4 is 0 Å². The molecule has 0 N–H and O–H groups in total. The van der Waals surface area contributed by atoms with Crippen molar-refractivity contribution in [2.45, 2.75) is 51.8 Å². The van der Waals surface area contributed by atoms with Crippen LogP contribution in [0.4, 0.5) is 0 Å². The second-order valence-corrected chi connectivity index (χ2v) is 5.57. The smallest absolute Gasteiger partial charge is 0.0951 e. The van der Waals surface area contributed by atoms with Gasteiger partial charge in [0.1, 0.15) is 0 Å². The summed E-state index contributed by atoms with van der Waals surface area (Å²) in [5.74, 6) is 0. The average molecular weight is 251 g/mol. The van der Waals surface area contributed by atoms with Crippen LogP contribution in [0.5, 0.6) is 0 Å². The van der Waals surface area contributed by atoms with Gasteiger partial charge in [0.2, 0.25) is 0 Å². The van der Waals surface area contributed by atoms with Crippen molar-refractivity contribution < 1.29 is 4.74 Å². The summed E-state index contributed by atoms with van der Waals surface area (Å²) in [7, 11) is 2.16. The summed E-state index contributed by atoms with van der Waals surface area (Å²) in [6, 6.07) is 0.474. The number of nitrogens with zero attached hydrogens (tertiary/aromatic N) is 3. The number of likely N-dealkylation sites (N-methyl/N-ethyl adjacent to an activating group) is 1. The summed E-state index contributed by atoms with van der Waals surface area (Å²) < 4.78 is 8.02. The minimum atomic E-state index is 0.416. The molecule has 1 aliphatic heterocycles. The molecule has 1 aromatic heterocycles. The van der Waals surface area contributed by atoms with E-state index in [9.17, 15) is 0 Å². The van der Waals surface area contributed by atoms with Gasteiger partial charge in [-0.2, -0.15) is 0 Å². The normalized spacial score (nSPS) is 20.8. The van der Waals surface area contributed by atoms with Gasteiger partial charge in [0, 0.05) is 31.9 Å². The SMILES string of the molecule is CC(C)n1cncc1CN(C)C[C@@H]1CCCCO1. The zero-order chi connectivity index (χ0) is 13.0. The van der Waals surface area contributed by atoms with Gasteiger partial charge in [0.15, 0.2) is 0 Å². The van der Waals surface area contributed by atoms with Crippen molar-refractivity contribution in [1.82, 2.24) is 14.5 Å². The van der Waals surface area contributed by atoms with Crippen LogP contribution in [0.1, 0.15) is 44.8 Å². The number of rotatable bonds is 5. The van der Waals surface area contributed by atoms with Gasteiger partial charge < -0.3 is 9.30 Å². The molecular formula is C14H25N3O. The third-order valence-electron chi connectivity index (χ3n) is 3.52. The monoisotopic (exact) mass is 251 g/mol. The number of imidazole rings is 1. The van der Waals surface area contributed by atoms with Gasteiger partial charge in [-0.15, -0.1) is 0 Å². The number of hydrogen-bond donors (Lipinski definition) is 0. The van der Waals surface area contributed by atoms with Crippen LogP contribution in [0.2, 0.25) is 0 Å². The predicted molar refractivity (Wildman–Crippen MR) is 72.5 cm³/mol. The van der Waals surface area contributed by atoms with Crippen LogP contribution < -0.4 is 0 Å². The molecule has 0 aliphatic carbocycles. The highest BCUT2D eigenvalue weighted by molar-refractivity contribution is 4.99. The fourth-order valence-electron chi connectivity index (χ4n) is 2.56. The highest BCUT2D eigenvalue weighted by Gasteiger charge is 2.17. The van der Waals surface area contributed by atoms with Crippen molar-refractivity contribution in [3.63, 3.8) is 0 Å². The van der Waals surface area contributed by atoms with E-state index in [0.29, 0.717) is 12.1 Å². The molecule has 18 heavy (non-hydrogen) atoms. The third-order valence-corrected chi connectivity index (χ3v) is 3.52. The van der Waals surface area contributed by atoms with E-state index >= 15 is 0 Å². The van der Waals surface area contributed by atoms with Gasteiger partial charge in [-0.3, -0.25) is 4.90 Å². The molecule has 1 saturated heterocycles. The first kappa shape index (κ1) is 13.6. The quantitative estimate of drug-likeness (QED) is 0.805. The molecule has 102 valence electrons. The molecule has 0 saturated carbocycles. The Hall–Kier alpha value is -0.870. The van der Waals surface area contributed by atoms with Gasteiger partial charge in [0.05, 0.1) is 18.1 Å². The molecule has 1 atom stereocenters. The lowest BCUT2D eigenvalue weighted by molar-refractivity contribution is -0.00290. The summed E-state index contributed by atoms with van der Waals surface area (Å²) in [4.78, 5) is 6.59. The fourth-order valence-corrected chi connectivity index (χ4v) is 2.56. The molecule has 0 spiro atoms. The zero-order valence-electron chi connectivity index (χ0n) is 11.8. The number of ether oxygens (including phenoxy) is 1. The molecule has 0 bridgehead atoms. The molecule has 2 heterocycles. The van der Waals surface area contributed by atoms with Crippen LogP contribution in [0.15, 0.2) is 12.5 Å². The average Bonchev–Trinajstić information content (AvgIpc) is 2.78. The highest BCUT2D eigenvalue weighted by atomic mass is 16.5. The zero-order valence-corrected chi connectivity index (χ0v) is 11.8. The third kappa shape index (κ3) is 3.56. The second kappa shape index (κ2) is 6.34. The van der Waals surface area contributed by atoms with Crippen LogP contribution in [0.3, 0.4) is 0 Å². The van der Waals surface area contributed by atoms with E-state index < -0.39 is 0 Å². The Labute approximate surface area is 110 Å². The minimum Gasteiger partial charge on any atom is -0.377 e. The Balaban J connectivity index is 1.86. The summed E-state index contributed by atoms with van der Waals surface area (Å²) in [6.07, 6.45) is 8.04. The number of aromatic nitrogens is 2. The standard InChI is InChI=1S/C14H25N3O/c1-12(2)17-11-15-8-13(17)9-16(3)10-14-6-4-5-7-18-14/h8,11-12,14H,4-7,9-10H2,1-3H3/t14-/m0/s1. The lowest BCUT2D eigenvalue weighted by Gasteiger charge is -2.27. The fraction of sp³-hybridized carbons (Fsp3) is 0.786. The molecule has 1 aromatic rings. The van der Waals surface area contributed by atoms with E-state index in [1.807, 2.05) is 12.5 Å². The van der Waals surface area contributed by atoms with Gasteiger partial charge >= 0.3 is 0 Å². The van der Waals surface area contributed by atoms with Crippen molar-refractivity contribution in [1.29, 1.82) is 0 Å². The van der Waals surface area contributed by atoms with E-state index in [-0.39, 0.29) is 0 Å². The van der Waals surface area contributed by atoms with Crippen molar-refractivity contribution in [3.05, 3.63) is 18.2 Å². The maximum atomic E-state index is 5.78. The van der Waals surface area contributed by atoms with Gasteiger partial charge in [-0.25, -0.2) is 4.98 Å².